The number of nitrogens with zero attached hydrogens (tertiary/aromatic N) is 2. The summed E-state index contributed by atoms with van der Waals surface area (Å²) in [5, 5.41) is 19.6. The minimum atomic E-state index is -0.833. The van der Waals surface area contributed by atoms with Crippen LogP contribution in [0.1, 0.15) is 292 Å². The third-order valence-electron chi connectivity index (χ3n) is 34.9. The van der Waals surface area contributed by atoms with Gasteiger partial charge in [-0.3, -0.25) is 14.6 Å². The number of carboxylic acids is 2. The van der Waals surface area contributed by atoms with Crippen molar-refractivity contribution < 1.29 is 40.2 Å². The summed E-state index contributed by atoms with van der Waals surface area (Å²) in [7, 11) is 0. The molecule has 0 radical (unpaired) electrons. The smallest absolute Gasteiger partial charge is 0.300 e. The molecule has 24 rings (SSSR count). The van der Waals surface area contributed by atoms with Crippen molar-refractivity contribution in [2.75, 3.05) is 0 Å². The number of carboxylic acid groups (broad SMARTS) is 2. The van der Waals surface area contributed by atoms with Crippen LogP contribution in [0.3, 0.4) is 0 Å². The molecule has 2 N–H and O–H groups in total. The van der Waals surface area contributed by atoms with Crippen LogP contribution in [-0.2, 0) is 62.5 Å². The van der Waals surface area contributed by atoms with Crippen molar-refractivity contribution in [3.63, 3.8) is 0 Å². The zero-order valence-electron chi connectivity index (χ0n) is 88.7. The summed E-state index contributed by atoms with van der Waals surface area (Å²) in [5.74, 6) is -1.67. The van der Waals surface area contributed by atoms with Crippen molar-refractivity contribution in [1.29, 1.82) is 0 Å². The quantitative estimate of drug-likeness (QED) is 0.0377. The molecule has 0 spiro atoms. The van der Waals surface area contributed by atoms with Crippen molar-refractivity contribution >= 4 is 44.5 Å². The molecule has 16 aromatic carbocycles. The van der Waals surface area contributed by atoms with Gasteiger partial charge >= 0.3 is 0 Å². The van der Waals surface area contributed by atoms with Crippen molar-refractivity contribution in [2.45, 2.75) is 258 Å². The van der Waals surface area contributed by atoms with Crippen molar-refractivity contribution in [3.8, 4) is 150 Å². The Morgan fingerprint density at radius 3 is 0.791 bits per heavy atom. The van der Waals surface area contributed by atoms with Gasteiger partial charge in [-0.1, -0.05) is 404 Å². The van der Waals surface area contributed by atoms with E-state index in [0.717, 1.165) is 36.2 Å². The molecule has 0 aliphatic heterocycles. The summed E-state index contributed by atoms with van der Waals surface area (Å²) in [4.78, 5) is 23.1. The summed E-state index contributed by atoms with van der Waals surface area (Å²) >= 11 is 0. The van der Waals surface area contributed by atoms with Crippen LogP contribution in [0, 0.1) is 0 Å². The van der Waals surface area contributed by atoms with E-state index in [2.05, 4.69) is 409 Å². The van der Waals surface area contributed by atoms with E-state index in [1.54, 1.807) is 22.3 Å². The zero-order valence-corrected chi connectivity index (χ0v) is 90.3. The summed E-state index contributed by atoms with van der Waals surface area (Å²) in [6, 6.07) is 127. The van der Waals surface area contributed by atoms with Crippen LogP contribution < -0.4 is 0 Å². The van der Waals surface area contributed by atoms with Gasteiger partial charge in [-0.2, -0.15) is 0 Å². The molecule has 0 bridgehead atoms. The number of pyridine rings is 1. The van der Waals surface area contributed by atoms with E-state index in [1.165, 1.54) is 334 Å². The maximum absolute atomic E-state index is 9.00. The van der Waals surface area contributed by atoms with Gasteiger partial charge < -0.3 is 14.8 Å². The van der Waals surface area contributed by atoms with Gasteiger partial charge in [0.25, 0.3) is 11.9 Å². The van der Waals surface area contributed by atoms with Gasteiger partial charge in [0.15, 0.2) is 0 Å². The van der Waals surface area contributed by atoms with Gasteiger partial charge in [0.2, 0.25) is 0 Å². The fraction of sp³-hybridized carbons (Fsp3) is 0.284. The zero-order chi connectivity index (χ0) is 102. The monoisotopic (exact) mass is 2030 g/mol. The number of hydrogen-bond donors (Lipinski definition) is 2. The summed E-state index contributed by atoms with van der Waals surface area (Å²) in [6.45, 7) is 31.2. The molecule has 2 heterocycles. The fourth-order valence-electron chi connectivity index (χ4n) is 27.2. The molecule has 6 nitrogen and oxygen atoms in total. The molecular formula is C141H138N2O4Pd. The van der Waals surface area contributed by atoms with Crippen molar-refractivity contribution in [1.82, 2.24) is 9.55 Å². The Labute approximate surface area is 890 Å². The van der Waals surface area contributed by atoms with E-state index in [1.807, 2.05) is 6.20 Å². The van der Waals surface area contributed by atoms with E-state index < -0.39 is 11.9 Å². The Balaban J connectivity index is 0.00000138. The molecule has 7 heteroatoms. The minimum Gasteiger partial charge on any atom is -0.481 e. The van der Waals surface area contributed by atoms with Crippen LogP contribution in [0.5, 0.6) is 0 Å². The van der Waals surface area contributed by atoms with Gasteiger partial charge in [-0.15, -0.1) is 0 Å². The topological polar surface area (TPSA) is 92.4 Å². The van der Waals surface area contributed by atoms with Crippen molar-refractivity contribution in [3.05, 3.63) is 394 Å². The largest absolute Gasteiger partial charge is 0.481 e. The maximum atomic E-state index is 9.00. The van der Waals surface area contributed by atoms with Gasteiger partial charge in [0.05, 0.1) is 16.7 Å². The van der Waals surface area contributed by atoms with E-state index >= 15 is 0 Å². The third-order valence-corrected chi connectivity index (χ3v) is 34.9. The van der Waals surface area contributed by atoms with Crippen molar-refractivity contribution in [2.24, 2.45) is 0 Å². The molecule has 0 saturated carbocycles. The van der Waals surface area contributed by atoms with E-state index in [4.69, 9.17) is 24.8 Å². The summed E-state index contributed by atoms with van der Waals surface area (Å²) < 4.78 is 2.49. The molecule has 0 fully saturated rings. The molecule has 0 amide bonds. The van der Waals surface area contributed by atoms with E-state index in [0.29, 0.717) is 0 Å². The average Bonchev–Trinajstić information content (AvgIpc) is 1.50. The van der Waals surface area contributed by atoms with Crippen LogP contribution in [0.15, 0.2) is 328 Å². The van der Waals surface area contributed by atoms with Crippen LogP contribution in [0.25, 0.3) is 183 Å². The first kappa shape index (κ1) is 100. The maximum Gasteiger partial charge on any atom is 0.300 e. The molecule has 18 aromatic rings. The fourth-order valence-corrected chi connectivity index (χ4v) is 27.2. The average molecular weight is 2030 g/mol. The first-order valence-corrected chi connectivity index (χ1v) is 54.8. The number of fused-ring (bicyclic) bond motifs is 22. The minimum absolute atomic E-state index is 0. The Bertz CT molecular complexity index is 7830. The molecular weight excluding hydrogens is 1890 g/mol. The van der Waals surface area contributed by atoms with Gasteiger partial charge in [0.1, 0.15) is 0 Å². The van der Waals surface area contributed by atoms with Crippen LogP contribution in [-0.4, -0.2) is 31.7 Å². The van der Waals surface area contributed by atoms with Crippen LogP contribution in [0.2, 0.25) is 0 Å². The molecule has 0 atom stereocenters. The second-order valence-corrected chi connectivity index (χ2v) is 45.4. The number of aliphatic carboxylic acids is 2. The van der Waals surface area contributed by atoms with Gasteiger partial charge in [0, 0.05) is 100 Å². The molecule has 2 aromatic heterocycles. The summed E-state index contributed by atoms with van der Waals surface area (Å²) in [5.41, 5.74) is 53.8. The predicted octanol–water partition coefficient (Wildman–Crippen LogP) is 38.8. The predicted molar refractivity (Wildman–Crippen MR) is 618 cm³/mol. The standard InChI is InChI=1S/C137H130N2.2C2H4O2.Pd/c1-13-17-21-31-69-136(70-32-22-18-14-2)117-42-29-27-40-103(117)113-64-52-98(85-127(113)136)96-50-62-111-109-60-48-94(81-123(109)134(9,10)125(111)83-96)92-46-58-107-105-56-44-90(77-119(105)132(5,6)121(107)79-92)88-54-66-129-115(75-88)116-76-89(55-67-130(116)139(129)101-38-35-37-100(74-101)131-102-39-26-25-36-87(102)68-73-138-131)91-45-57-106-108-59-47-93(80-122(108)133(7,8)120(106)78-91)95-49-61-110-112-63-51-97(84-126(112)135(11,12)124(110)82-95)99-53-65-114-104-41-28-30-43-118(104)137(128(114)86-99,71-33-23-19-15-3)72-34-24-20-16-4;2*1-2(3)4;/h25-30,35-68,73-86H,13-24,31-34,69-72H2,1-12H3;2*1H3,(H,3,4);. The number of aromatic nitrogens is 2. The molecule has 746 valence electrons. The first-order chi connectivity index (χ1) is 71.2. The number of hydrogen-bond acceptors (Lipinski definition) is 3. The number of unbranched alkanes of at least 4 members (excludes halogenated alkanes) is 12. The Hall–Kier alpha value is -13.7. The normalized spacial score (nSPS) is 14.7. The van der Waals surface area contributed by atoms with Gasteiger partial charge in [-0.05, 0) is 334 Å². The Morgan fingerprint density at radius 2 is 0.493 bits per heavy atom. The first-order valence-electron chi connectivity index (χ1n) is 54.8. The van der Waals surface area contributed by atoms with Crippen LogP contribution >= 0.6 is 0 Å². The van der Waals surface area contributed by atoms with E-state index in [-0.39, 0.29) is 52.9 Å². The number of carbonyl (C=O) groups is 2. The Morgan fingerprint density at radius 1 is 0.243 bits per heavy atom. The molecule has 0 saturated heterocycles. The third kappa shape index (κ3) is 17.3. The molecule has 148 heavy (non-hydrogen) atoms. The van der Waals surface area contributed by atoms with Gasteiger partial charge in [-0.25, -0.2) is 0 Å². The molecule has 6 aliphatic carbocycles. The van der Waals surface area contributed by atoms with E-state index in [9.17, 15) is 0 Å². The van der Waals surface area contributed by atoms with Crippen LogP contribution in [0.4, 0.5) is 0 Å². The molecule has 0 unspecified atom stereocenters. The molecule has 6 aliphatic rings. The second-order valence-electron chi connectivity index (χ2n) is 45.4. The second kappa shape index (κ2) is 40.1. The summed E-state index contributed by atoms with van der Waals surface area (Å²) in [6.07, 6.45) is 27.4. The Kier molecular flexibility index (Phi) is 27.2. The SMILES string of the molecule is CC(=O)O.CC(=O)O.CCCCCCC1(CCCCCC)c2ccccc2-c2ccc(-c3ccc4c(c3)C(C)(C)c3cc(-c5ccc6c(c5)C(C)(C)c5cc(-c7ccc8c(c7)c7cc(-c9ccc%10c(c9)C(C)(C)c9cc(-c%11ccc%12c(c%11)C(C)(C)c%11cc(-c%13ccc%14c(c%13)C(CCCCCC)(CCCCCC)c%13ccccc%13-%14)ccc%11-%12)ccc9-%10)ccc7n8-c7cccc(-c8nccc9ccccc89)c7)ccc5-6)ccc3-4)cc21.[Pd]. The number of rotatable bonds is 28. The number of benzene rings is 16.